The summed E-state index contributed by atoms with van der Waals surface area (Å²) in [4.78, 5) is 26.7. The van der Waals surface area contributed by atoms with Gasteiger partial charge in [-0.3, -0.25) is 9.69 Å². The Morgan fingerprint density at radius 2 is 2.08 bits per heavy atom. The van der Waals surface area contributed by atoms with Gasteiger partial charge in [-0.1, -0.05) is 23.7 Å². The largest absolute Gasteiger partial charge is 0.444 e. The van der Waals surface area contributed by atoms with Gasteiger partial charge in [0.2, 0.25) is 5.91 Å². The molecule has 2 aliphatic rings. The number of rotatable bonds is 3. The van der Waals surface area contributed by atoms with Crippen LogP contribution < -0.4 is 5.32 Å². The molecule has 1 aliphatic heterocycles. The molecule has 1 aromatic carbocycles. The van der Waals surface area contributed by atoms with Gasteiger partial charge in [0, 0.05) is 18.7 Å². The summed E-state index contributed by atoms with van der Waals surface area (Å²) in [7, 11) is 0. The van der Waals surface area contributed by atoms with E-state index in [0.29, 0.717) is 18.5 Å². The normalized spacial score (nSPS) is 21.0. The average Bonchev–Trinajstić information content (AvgIpc) is 3.17. The molecule has 5 nitrogen and oxygen atoms in total. The molecule has 1 aromatic rings. The van der Waals surface area contributed by atoms with Crippen molar-refractivity contribution in [2.24, 2.45) is 5.41 Å². The van der Waals surface area contributed by atoms with Crippen LogP contribution in [0.5, 0.6) is 0 Å². The third kappa shape index (κ3) is 4.11. The zero-order valence-electron chi connectivity index (χ0n) is 15.3. The van der Waals surface area contributed by atoms with Crippen molar-refractivity contribution in [1.82, 2.24) is 10.2 Å². The molecule has 7 heteroatoms. The van der Waals surface area contributed by atoms with E-state index >= 15 is 0 Å². The Balaban J connectivity index is 1.68. The van der Waals surface area contributed by atoms with Gasteiger partial charge in [-0.15, -0.1) is 0 Å². The standard InChI is InChI=1S/C19H24ClFN2O3/c1-18(2,3)26-17(25)23-11-19(7-8-19)9-14(23)16(24)22-10-12-5-4-6-13(20)15(12)21/h4-6,14H,7-11H2,1-3H3,(H,22,24)/t14-/m0/s1. The highest BCUT2D eigenvalue weighted by atomic mass is 35.5. The molecule has 0 radical (unpaired) electrons. The summed E-state index contributed by atoms with van der Waals surface area (Å²) < 4.78 is 19.4. The minimum Gasteiger partial charge on any atom is -0.444 e. The summed E-state index contributed by atoms with van der Waals surface area (Å²) in [6.45, 7) is 5.95. The van der Waals surface area contributed by atoms with Gasteiger partial charge in [0.1, 0.15) is 17.5 Å². The van der Waals surface area contributed by atoms with Crippen LogP contribution >= 0.6 is 11.6 Å². The Labute approximate surface area is 157 Å². The van der Waals surface area contributed by atoms with Crippen LogP contribution in [0.1, 0.15) is 45.6 Å². The molecule has 1 atom stereocenters. The Morgan fingerprint density at radius 1 is 1.38 bits per heavy atom. The summed E-state index contributed by atoms with van der Waals surface area (Å²) in [5, 5.41) is 2.75. The number of hydrogen-bond donors (Lipinski definition) is 1. The molecule has 0 unspecified atom stereocenters. The molecular weight excluding hydrogens is 359 g/mol. The summed E-state index contributed by atoms with van der Waals surface area (Å²) in [5.74, 6) is -0.831. The maximum absolute atomic E-state index is 14.0. The van der Waals surface area contributed by atoms with Crippen LogP contribution in [0.4, 0.5) is 9.18 Å². The van der Waals surface area contributed by atoms with Gasteiger partial charge in [0.05, 0.1) is 5.02 Å². The lowest BCUT2D eigenvalue weighted by Gasteiger charge is -2.28. The number of nitrogens with one attached hydrogen (secondary N) is 1. The first-order valence-corrected chi connectivity index (χ1v) is 9.18. The SMILES string of the molecule is CC(C)(C)OC(=O)N1CC2(CC2)C[C@H]1C(=O)NCc1cccc(Cl)c1F. The van der Waals surface area contributed by atoms with Gasteiger partial charge >= 0.3 is 6.09 Å². The van der Waals surface area contributed by atoms with E-state index in [-0.39, 0.29) is 22.9 Å². The number of amides is 2. The highest BCUT2D eigenvalue weighted by molar-refractivity contribution is 6.30. The van der Waals surface area contributed by atoms with Crippen LogP contribution in [0, 0.1) is 11.2 Å². The van der Waals surface area contributed by atoms with Crippen LogP contribution in [0.15, 0.2) is 18.2 Å². The lowest BCUT2D eigenvalue weighted by atomic mass is 10.0. The van der Waals surface area contributed by atoms with Crippen molar-refractivity contribution in [3.05, 3.63) is 34.6 Å². The molecule has 2 fully saturated rings. The fourth-order valence-corrected chi connectivity index (χ4v) is 3.52. The molecule has 1 saturated heterocycles. The first-order valence-electron chi connectivity index (χ1n) is 8.80. The van der Waals surface area contributed by atoms with Crippen molar-refractivity contribution in [2.75, 3.05) is 6.54 Å². The molecule has 1 spiro atoms. The quantitative estimate of drug-likeness (QED) is 0.862. The van der Waals surface area contributed by atoms with E-state index in [1.165, 1.54) is 11.0 Å². The van der Waals surface area contributed by atoms with Crippen LogP contribution in [0.3, 0.4) is 0 Å². The first-order chi connectivity index (χ1) is 12.1. The molecule has 1 heterocycles. The molecule has 0 aromatic heterocycles. The van der Waals surface area contributed by atoms with Crippen molar-refractivity contribution >= 4 is 23.6 Å². The summed E-state index contributed by atoms with van der Waals surface area (Å²) in [5.41, 5.74) is -0.268. The second-order valence-corrected chi connectivity index (χ2v) is 8.67. The molecule has 1 saturated carbocycles. The minimum absolute atomic E-state index is 0.0185. The maximum atomic E-state index is 14.0. The van der Waals surface area contributed by atoms with Crippen molar-refractivity contribution in [3.63, 3.8) is 0 Å². The Kier molecular flexibility index (Phi) is 4.90. The van der Waals surface area contributed by atoms with Crippen LogP contribution in [0.25, 0.3) is 0 Å². The van der Waals surface area contributed by atoms with Gasteiger partial charge in [-0.05, 0) is 51.5 Å². The molecule has 142 valence electrons. The van der Waals surface area contributed by atoms with E-state index in [1.807, 2.05) is 0 Å². The molecule has 1 N–H and O–H groups in total. The Morgan fingerprint density at radius 3 is 2.69 bits per heavy atom. The first kappa shape index (κ1) is 19.0. The van der Waals surface area contributed by atoms with E-state index in [1.54, 1.807) is 32.9 Å². The van der Waals surface area contributed by atoms with Crippen LogP contribution in [-0.4, -0.2) is 35.1 Å². The smallest absolute Gasteiger partial charge is 0.410 e. The number of halogens is 2. The Bertz CT molecular complexity index is 728. The second kappa shape index (κ2) is 6.72. The topological polar surface area (TPSA) is 58.6 Å². The number of carbonyl (C=O) groups excluding carboxylic acids is 2. The summed E-state index contributed by atoms with van der Waals surface area (Å²) in [6, 6.07) is 4.08. The van der Waals surface area contributed by atoms with E-state index < -0.39 is 23.6 Å². The number of likely N-dealkylation sites (tertiary alicyclic amines) is 1. The van der Waals surface area contributed by atoms with Crippen LogP contribution in [-0.2, 0) is 16.1 Å². The zero-order chi connectivity index (χ0) is 19.1. The third-order valence-electron chi connectivity index (χ3n) is 4.88. The third-order valence-corrected chi connectivity index (χ3v) is 5.17. The molecule has 2 amide bonds. The van der Waals surface area contributed by atoms with E-state index in [2.05, 4.69) is 5.32 Å². The van der Waals surface area contributed by atoms with E-state index in [9.17, 15) is 14.0 Å². The maximum Gasteiger partial charge on any atom is 0.410 e. The predicted octanol–water partition coefficient (Wildman–Crippen LogP) is 3.88. The van der Waals surface area contributed by atoms with E-state index in [0.717, 1.165) is 12.8 Å². The van der Waals surface area contributed by atoms with Gasteiger partial charge in [0.15, 0.2) is 0 Å². The lowest BCUT2D eigenvalue weighted by molar-refractivity contribution is -0.125. The van der Waals surface area contributed by atoms with Gasteiger partial charge in [-0.25, -0.2) is 9.18 Å². The minimum atomic E-state index is -0.624. The highest BCUT2D eigenvalue weighted by Crippen LogP contribution is 2.55. The van der Waals surface area contributed by atoms with Gasteiger partial charge in [-0.2, -0.15) is 0 Å². The zero-order valence-corrected chi connectivity index (χ0v) is 16.0. The number of ether oxygens (including phenoxy) is 1. The van der Waals surface area contributed by atoms with Crippen LogP contribution in [0.2, 0.25) is 5.02 Å². The van der Waals surface area contributed by atoms with Crippen molar-refractivity contribution < 1.29 is 18.7 Å². The Hall–Kier alpha value is -1.82. The van der Waals surface area contributed by atoms with Crippen molar-refractivity contribution in [3.8, 4) is 0 Å². The monoisotopic (exact) mass is 382 g/mol. The summed E-state index contributed by atoms with van der Waals surface area (Å²) >= 11 is 5.77. The molecule has 26 heavy (non-hydrogen) atoms. The van der Waals surface area contributed by atoms with E-state index in [4.69, 9.17) is 16.3 Å². The highest BCUT2D eigenvalue weighted by Gasteiger charge is 2.55. The lowest BCUT2D eigenvalue weighted by Crippen LogP contribution is -2.47. The molecular formula is C19H24ClFN2O3. The number of nitrogens with zero attached hydrogens (tertiary/aromatic N) is 1. The fraction of sp³-hybridized carbons (Fsp3) is 0.579. The average molecular weight is 383 g/mol. The number of benzene rings is 1. The number of hydrogen-bond acceptors (Lipinski definition) is 3. The number of carbonyl (C=O) groups is 2. The van der Waals surface area contributed by atoms with Gasteiger partial charge < -0.3 is 10.1 Å². The molecule has 0 bridgehead atoms. The van der Waals surface area contributed by atoms with Crippen molar-refractivity contribution in [2.45, 2.75) is 58.2 Å². The van der Waals surface area contributed by atoms with Gasteiger partial charge in [0.25, 0.3) is 0 Å². The molecule has 3 rings (SSSR count). The predicted molar refractivity (Wildman–Crippen MR) is 96.3 cm³/mol. The fourth-order valence-electron chi connectivity index (χ4n) is 3.33. The van der Waals surface area contributed by atoms with Crippen molar-refractivity contribution in [1.29, 1.82) is 0 Å². The molecule has 1 aliphatic carbocycles. The summed E-state index contributed by atoms with van der Waals surface area (Å²) in [6.07, 6.45) is 2.17. The second-order valence-electron chi connectivity index (χ2n) is 8.26.